The first-order valence-corrected chi connectivity index (χ1v) is 8.01. The summed E-state index contributed by atoms with van der Waals surface area (Å²) in [5.74, 6) is -0.377. The van der Waals surface area contributed by atoms with Crippen LogP contribution in [0.1, 0.15) is 12.6 Å². The molecule has 1 amide bonds. The van der Waals surface area contributed by atoms with E-state index in [0.29, 0.717) is 11.4 Å². The van der Waals surface area contributed by atoms with Crippen molar-refractivity contribution in [2.24, 2.45) is 0 Å². The van der Waals surface area contributed by atoms with Gasteiger partial charge >= 0.3 is 6.36 Å². The zero-order chi connectivity index (χ0) is 18.2. The average molecular weight is 417 g/mol. The quantitative estimate of drug-likeness (QED) is 0.756. The van der Waals surface area contributed by atoms with E-state index in [1.54, 1.807) is 25.1 Å². The lowest BCUT2D eigenvalue weighted by atomic mass is 10.1. The third kappa shape index (κ3) is 4.04. The highest BCUT2D eigenvalue weighted by atomic mass is 79.9. The van der Waals surface area contributed by atoms with E-state index in [4.69, 9.17) is 4.74 Å². The number of carbonyl (C=O) groups excluding carboxylic acids is 1. The van der Waals surface area contributed by atoms with Crippen LogP contribution in [0, 0.1) is 0 Å². The Morgan fingerprint density at radius 1 is 1.32 bits per heavy atom. The van der Waals surface area contributed by atoms with Crippen LogP contribution in [-0.4, -0.2) is 23.4 Å². The number of anilines is 1. The van der Waals surface area contributed by atoms with Crippen molar-refractivity contribution < 1.29 is 27.4 Å². The second-order valence-corrected chi connectivity index (χ2v) is 6.23. The Labute approximate surface area is 149 Å². The lowest BCUT2D eigenvalue weighted by molar-refractivity contribution is -0.276. The van der Waals surface area contributed by atoms with Crippen LogP contribution in [0.3, 0.4) is 0 Å². The van der Waals surface area contributed by atoms with Crippen molar-refractivity contribution in [3.05, 3.63) is 46.6 Å². The van der Waals surface area contributed by atoms with Gasteiger partial charge in [-0.2, -0.15) is 0 Å². The van der Waals surface area contributed by atoms with Crippen LogP contribution in [0.5, 0.6) is 11.6 Å². The molecule has 0 bridgehead atoms. The van der Waals surface area contributed by atoms with Crippen LogP contribution in [-0.2, 0) is 11.3 Å². The first-order chi connectivity index (χ1) is 11.7. The predicted molar refractivity (Wildman–Crippen MR) is 86.3 cm³/mol. The number of carbonyl (C=O) groups is 1. The van der Waals surface area contributed by atoms with E-state index in [-0.39, 0.29) is 18.1 Å². The van der Waals surface area contributed by atoms with Crippen LogP contribution >= 0.6 is 15.9 Å². The molecule has 0 spiro atoms. The number of alkyl halides is 3. The molecule has 25 heavy (non-hydrogen) atoms. The average Bonchev–Trinajstić information content (AvgIpc) is 2.50. The molecule has 0 aliphatic carbocycles. The fourth-order valence-corrected chi connectivity index (χ4v) is 2.77. The number of halogens is 4. The van der Waals surface area contributed by atoms with Crippen molar-refractivity contribution in [1.29, 1.82) is 0 Å². The standard InChI is InChI=1S/C16H12BrF3N2O3/c1-9-15(23)22(12-6-5-10(17)7-13(12)24-9)8-11-3-2-4-14(21-11)25-16(18,19)20/h2-7,9H,8H2,1H3/t9-/m1/s1. The molecule has 2 heterocycles. The number of hydrogen-bond acceptors (Lipinski definition) is 4. The van der Waals surface area contributed by atoms with Crippen molar-refractivity contribution in [2.45, 2.75) is 25.9 Å². The predicted octanol–water partition coefficient (Wildman–Crippen LogP) is 4.06. The lowest BCUT2D eigenvalue weighted by Gasteiger charge is -2.33. The third-order valence-corrected chi connectivity index (χ3v) is 3.95. The number of fused-ring (bicyclic) bond motifs is 1. The van der Waals surface area contributed by atoms with Gasteiger partial charge in [0.1, 0.15) is 5.75 Å². The van der Waals surface area contributed by atoms with Crippen LogP contribution in [0.2, 0.25) is 0 Å². The Balaban J connectivity index is 1.90. The van der Waals surface area contributed by atoms with Crippen LogP contribution < -0.4 is 14.4 Å². The maximum Gasteiger partial charge on any atom is 0.574 e. The molecule has 1 aromatic carbocycles. The highest BCUT2D eigenvalue weighted by molar-refractivity contribution is 9.10. The molecule has 0 saturated carbocycles. The van der Waals surface area contributed by atoms with Gasteiger partial charge in [0.15, 0.2) is 6.10 Å². The Bertz CT molecular complexity index is 813. The molecular formula is C16H12BrF3N2O3. The SMILES string of the molecule is C[C@H]1Oc2cc(Br)ccc2N(Cc2cccc(OC(F)(F)F)n2)C1=O. The summed E-state index contributed by atoms with van der Waals surface area (Å²) in [7, 11) is 0. The minimum atomic E-state index is -4.83. The van der Waals surface area contributed by atoms with Crippen LogP contribution in [0.25, 0.3) is 0 Å². The molecule has 1 atom stereocenters. The zero-order valence-corrected chi connectivity index (χ0v) is 14.5. The largest absolute Gasteiger partial charge is 0.574 e. The fraction of sp³-hybridized carbons (Fsp3) is 0.250. The minimum absolute atomic E-state index is 0.00375. The molecule has 0 radical (unpaired) electrons. The second-order valence-electron chi connectivity index (χ2n) is 5.31. The van der Waals surface area contributed by atoms with Crippen molar-refractivity contribution in [3.63, 3.8) is 0 Å². The van der Waals surface area contributed by atoms with Gasteiger partial charge in [0.05, 0.1) is 17.9 Å². The first kappa shape index (κ1) is 17.5. The smallest absolute Gasteiger partial charge is 0.479 e. The summed E-state index contributed by atoms with van der Waals surface area (Å²) in [6, 6.07) is 9.18. The molecule has 0 unspecified atom stereocenters. The van der Waals surface area contributed by atoms with E-state index in [0.717, 1.165) is 10.5 Å². The Morgan fingerprint density at radius 3 is 2.80 bits per heavy atom. The van der Waals surface area contributed by atoms with Gasteiger partial charge in [0.25, 0.3) is 5.91 Å². The molecule has 0 N–H and O–H groups in total. The van der Waals surface area contributed by atoms with Crippen molar-refractivity contribution in [1.82, 2.24) is 4.98 Å². The molecule has 9 heteroatoms. The van der Waals surface area contributed by atoms with E-state index >= 15 is 0 Å². The summed E-state index contributed by atoms with van der Waals surface area (Å²) in [6.45, 7) is 1.60. The summed E-state index contributed by atoms with van der Waals surface area (Å²) in [5, 5.41) is 0. The van der Waals surface area contributed by atoms with E-state index in [1.807, 2.05) is 0 Å². The number of hydrogen-bond donors (Lipinski definition) is 0. The van der Waals surface area contributed by atoms with Gasteiger partial charge in [-0.3, -0.25) is 9.69 Å². The molecule has 1 aliphatic rings. The fourth-order valence-electron chi connectivity index (χ4n) is 2.43. The number of nitrogens with zero attached hydrogens (tertiary/aromatic N) is 2. The number of benzene rings is 1. The number of amides is 1. The molecular weight excluding hydrogens is 405 g/mol. The van der Waals surface area contributed by atoms with Gasteiger partial charge in [-0.15, -0.1) is 13.2 Å². The maximum atomic E-state index is 12.4. The van der Waals surface area contributed by atoms with Crippen LogP contribution in [0.15, 0.2) is 40.9 Å². The van der Waals surface area contributed by atoms with E-state index in [1.165, 1.54) is 17.0 Å². The van der Waals surface area contributed by atoms with Gasteiger partial charge in [-0.1, -0.05) is 22.0 Å². The number of pyridine rings is 1. The summed E-state index contributed by atoms with van der Waals surface area (Å²) in [6.07, 6.45) is -5.54. The van der Waals surface area contributed by atoms with Gasteiger partial charge in [-0.25, -0.2) is 4.98 Å². The Hall–Kier alpha value is -2.29. The van der Waals surface area contributed by atoms with Crippen molar-refractivity contribution in [2.75, 3.05) is 4.90 Å². The molecule has 5 nitrogen and oxygen atoms in total. The first-order valence-electron chi connectivity index (χ1n) is 7.22. The topological polar surface area (TPSA) is 51.7 Å². The van der Waals surface area contributed by atoms with Gasteiger partial charge in [0.2, 0.25) is 5.88 Å². The molecule has 1 aliphatic heterocycles. The monoisotopic (exact) mass is 416 g/mol. The second kappa shape index (κ2) is 6.55. The Kier molecular flexibility index (Phi) is 4.59. The van der Waals surface area contributed by atoms with Crippen molar-refractivity contribution >= 4 is 27.5 Å². The molecule has 132 valence electrons. The summed E-state index contributed by atoms with van der Waals surface area (Å²) in [4.78, 5) is 17.7. The number of aromatic nitrogens is 1. The normalized spacial score (nSPS) is 17.1. The molecule has 3 rings (SSSR count). The minimum Gasteiger partial charge on any atom is -0.479 e. The zero-order valence-electron chi connectivity index (χ0n) is 12.9. The van der Waals surface area contributed by atoms with Crippen LogP contribution in [0.4, 0.5) is 18.9 Å². The van der Waals surface area contributed by atoms with Gasteiger partial charge in [-0.05, 0) is 31.2 Å². The van der Waals surface area contributed by atoms with E-state index in [2.05, 4.69) is 25.7 Å². The molecule has 1 aromatic heterocycles. The number of ether oxygens (including phenoxy) is 2. The van der Waals surface area contributed by atoms with Gasteiger partial charge in [0, 0.05) is 10.5 Å². The maximum absolute atomic E-state index is 12.4. The van der Waals surface area contributed by atoms with Gasteiger partial charge < -0.3 is 9.47 Å². The highest BCUT2D eigenvalue weighted by Gasteiger charge is 2.33. The van der Waals surface area contributed by atoms with Crippen molar-refractivity contribution in [3.8, 4) is 11.6 Å². The van der Waals surface area contributed by atoms with E-state index < -0.39 is 18.3 Å². The Morgan fingerprint density at radius 2 is 2.08 bits per heavy atom. The summed E-state index contributed by atoms with van der Waals surface area (Å²) in [5.41, 5.74) is 0.785. The third-order valence-electron chi connectivity index (χ3n) is 3.45. The molecule has 0 saturated heterocycles. The summed E-state index contributed by atoms with van der Waals surface area (Å²) < 4.78 is 47.2. The number of rotatable bonds is 3. The van der Waals surface area contributed by atoms with E-state index in [9.17, 15) is 18.0 Å². The molecule has 0 fully saturated rings. The highest BCUT2D eigenvalue weighted by Crippen LogP contribution is 2.37. The molecule has 2 aromatic rings. The summed E-state index contributed by atoms with van der Waals surface area (Å²) >= 11 is 3.33. The lowest BCUT2D eigenvalue weighted by Crippen LogP contribution is -2.44.